The summed E-state index contributed by atoms with van der Waals surface area (Å²) in [4.78, 5) is 3.94. The van der Waals surface area contributed by atoms with E-state index >= 15 is 0 Å². The maximum Gasteiger partial charge on any atom is 0.111 e. The summed E-state index contributed by atoms with van der Waals surface area (Å²) >= 11 is 5.62. The Morgan fingerprint density at radius 2 is 2.25 bits per heavy atom. The Labute approximate surface area is 76.2 Å². The minimum atomic E-state index is -0.720. The molecule has 0 radical (unpaired) electrons. The van der Waals surface area contributed by atoms with Gasteiger partial charge in [0.15, 0.2) is 0 Å². The van der Waals surface area contributed by atoms with E-state index in [1.54, 1.807) is 19.1 Å². The molecule has 1 heterocycles. The first-order valence-corrected chi connectivity index (χ1v) is 4.04. The number of halogens is 1. The molecule has 1 rings (SSSR count). The van der Waals surface area contributed by atoms with Crippen molar-refractivity contribution in [3.05, 3.63) is 29.0 Å². The van der Waals surface area contributed by atoms with Crippen LogP contribution in [0.5, 0.6) is 0 Å². The molecule has 66 valence electrons. The average molecular weight is 187 g/mol. The average Bonchev–Trinajstić information content (AvgIpc) is 2.04. The molecule has 0 saturated heterocycles. The lowest BCUT2D eigenvalue weighted by Gasteiger charge is -2.13. The van der Waals surface area contributed by atoms with Gasteiger partial charge in [-0.3, -0.25) is 4.98 Å². The molecular weight excluding hydrogens is 176 g/mol. The molecule has 3 nitrogen and oxygen atoms in total. The van der Waals surface area contributed by atoms with Crippen LogP contribution in [-0.2, 0) is 0 Å². The summed E-state index contributed by atoms with van der Waals surface area (Å²) in [5.74, 6) is 0. The van der Waals surface area contributed by atoms with Crippen molar-refractivity contribution in [3.8, 4) is 0 Å². The first-order valence-electron chi connectivity index (χ1n) is 3.66. The van der Waals surface area contributed by atoms with E-state index in [2.05, 4.69) is 4.98 Å². The molecule has 3 N–H and O–H groups in total. The topological polar surface area (TPSA) is 59.1 Å². The first-order chi connectivity index (χ1) is 5.61. The Balaban J connectivity index is 2.82. The van der Waals surface area contributed by atoms with Gasteiger partial charge in [0, 0.05) is 12.2 Å². The van der Waals surface area contributed by atoms with Gasteiger partial charge in [-0.25, -0.2) is 0 Å². The summed E-state index contributed by atoms with van der Waals surface area (Å²) in [6.07, 6.45) is 0.768. The van der Waals surface area contributed by atoms with Crippen LogP contribution in [0.3, 0.4) is 0 Å². The quantitative estimate of drug-likeness (QED) is 0.728. The van der Waals surface area contributed by atoms with Gasteiger partial charge in [-0.1, -0.05) is 11.6 Å². The lowest BCUT2D eigenvalue weighted by molar-refractivity contribution is 0.149. The molecule has 4 heteroatoms. The molecule has 0 saturated carbocycles. The van der Waals surface area contributed by atoms with Crippen LogP contribution in [0.25, 0.3) is 0 Å². The number of aromatic nitrogens is 1. The summed E-state index contributed by atoms with van der Waals surface area (Å²) in [5, 5.41) is 10.0. The highest BCUT2D eigenvalue weighted by molar-refractivity contribution is 6.30. The second kappa shape index (κ2) is 3.85. The summed E-state index contributed by atoms with van der Waals surface area (Å²) in [5.41, 5.74) is 6.03. The molecule has 0 aliphatic carbocycles. The van der Waals surface area contributed by atoms with Crippen molar-refractivity contribution in [2.24, 2.45) is 5.73 Å². The van der Waals surface area contributed by atoms with Crippen LogP contribution in [0.2, 0.25) is 5.02 Å². The standard InChI is InChI=1S/C8H11ClN2O/c1-5(10)8(12)7-3-2-6(9)4-11-7/h2-5,8,12H,10H2,1H3/t5-,8-/m1/s1. The normalized spacial score (nSPS) is 15.7. The van der Waals surface area contributed by atoms with Crippen molar-refractivity contribution in [1.82, 2.24) is 4.98 Å². The second-order valence-electron chi connectivity index (χ2n) is 2.71. The van der Waals surface area contributed by atoms with Crippen molar-refractivity contribution in [2.45, 2.75) is 19.1 Å². The van der Waals surface area contributed by atoms with Crippen LogP contribution in [0, 0.1) is 0 Å². The number of hydrogen-bond acceptors (Lipinski definition) is 3. The number of rotatable bonds is 2. The Hall–Kier alpha value is -0.640. The van der Waals surface area contributed by atoms with Crippen molar-refractivity contribution >= 4 is 11.6 Å². The largest absolute Gasteiger partial charge is 0.385 e. The molecule has 0 amide bonds. The molecule has 2 atom stereocenters. The molecule has 1 aromatic heterocycles. The van der Waals surface area contributed by atoms with Crippen LogP contribution in [0.1, 0.15) is 18.7 Å². The fourth-order valence-electron chi connectivity index (χ4n) is 0.832. The summed E-state index contributed by atoms with van der Waals surface area (Å²) in [7, 11) is 0. The van der Waals surface area contributed by atoms with Crippen LogP contribution in [0.4, 0.5) is 0 Å². The Kier molecular flexibility index (Phi) is 3.03. The van der Waals surface area contributed by atoms with Crippen molar-refractivity contribution in [2.75, 3.05) is 0 Å². The predicted octanol–water partition coefficient (Wildman–Crippen LogP) is 1.12. The van der Waals surface area contributed by atoms with E-state index in [0.717, 1.165) is 0 Å². The molecule has 0 bridgehead atoms. The van der Waals surface area contributed by atoms with Crippen molar-refractivity contribution in [3.63, 3.8) is 0 Å². The van der Waals surface area contributed by atoms with E-state index in [0.29, 0.717) is 10.7 Å². The fraction of sp³-hybridized carbons (Fsp3) is 0.375. The van der Waals surface area contributed by atoms with Crippen LogP contribution >= 0.6 is 11.6 Å². The van der Waals surface area contributed by atoms with Gasteiger partial charge in [0.1, 0.15) is 6.10 Å². The highest BCUT2D eigenvalue weighted by Gasteiger charge is 2.12. The number of nitrogens with zero attached hydrogens (tertiary/aromatic N) is 1. The molecule has 0 aliphatic rings. The molecular formula is C8H11ClN2O. The fourth-order valence-corrected chi connectivity index (χ4v) is 0.943. The third-order valence-corrected chi connectivity index (χ3v) is 1.77. The van der Waals surface area contributed by atoms with Gasteiger partial charge < -0.3 is 10.8 Å². The molecule has 0 aliphatic heterocycles. The monoisotopic (exact) mass is 186 g/mol. The highest BCUT2D eigenvalue weighted by Crippen LogP contribution is 2.14. The SMILES string of the molecule is C[C@@H](N)[C@@H](O)c1ccc(Cl)cn1. The van der Waals surface area contributed by atoms with E-state index < -0.39 is 6.10 Å². The smallest absolute Gasteiger partial charge is 0.111 e. The van der Waals surface area contributed by atoms with Gasteiger partial charge in [-0.2, -0.15) is 0 Å². The van der Waals surface area contributed by atoms with Crippen molar-refractivity contribution < 1.29 is 5.11 Å². The van der Waals surface area contributed by atoms with Crippen LogP contribution in [-0.4, -0.2) is 16.1 Å². The number of hydrogen-bond donors (Lipinski definition) is 2. The minimum absolute atomic E-state index is 0.321. The molecule has 0 fully saturated rings. The summed E-state index contributed by atoms with van der Waals surface area (Å²) < 4.78 is 0. The summed E-state index contributed by atoms with van der Waals surface area (Å²) in [6, 6.07) is 3.02. The zero-order valence-electron chi connectivity index (χ0n) is 6.74. The summed E-state index contributed by atoms with van der Waals surface area (Å²) in [6.45, 7) is 1.72. The van der Waals surface area contributed by atoms with Gasteiger partial charge >= 0.3 is 0 Å². The molecule has 0 spiro atoms. The van der Waals surface area contributed by atoms with E-state index in [1.807, 2.05) is 0 Å². The zero-order chi connectivity index (χ0) is 9.14. The second-order valence-corrected chi connectivity index (χ2v) is 3.14. The van der Waals surface area contributed by atoms with E-state index in [-0.39, 0.29) is 6.04 Å². The highest BCUT2D eigenvalue weighted by atomic mass is 35.5. The van der Waals surface area contributed by atoms with Gasteiger partial charge in [0.25, 0.3) is 0 Å². The third kappa shape index (κ3) is 2.17. The lowest BCUT2D eigenvalue weighted by Crippen LogP contribution is -2.24. The number of aliphatic hydroxyl groups excluding tert-OH is 1. The molecule has 1 aromatic rings. The van der Waals surface area contributed by atoms with E-state index in [4.69, 9.17) is 17.3 Å². The van der Waals surface area contributed by atoms with E-state index in [9.17, 15) is 5.11 Å². The van der Waals surface area contributed by atoms with Crippen molar-refractivity contribution in [1.29, 1.82) is 0 Å². The number of aliphatic hydroxyl groups is 1. The van der Waals surface area contributed by atoms with Crippen LogP contribution in [0.15, 0.2) is 18.3 Å². The molecule has 0 aromatic carbocycles. The Morgan fingerprint density at radius 3 is 2.67 bits per heavy atom. The maximum atomic E-state index is 9.46. The minimum Gasteiger partial charge on any atom is -0.385 e. The van der Waals surface area contributed by atoms with Gasteiger partial charge in [-0.15, -0.1) is 0 Å². The maximum absolute atomic E-state index is 9.46. The third-order valence-electron chi connectivity index (χ3n) is 1.55. The lowest BCUT2D eigenvalue weighted by atomic mass is 10.1. The first kappa shape index (κ1) is 9.45. The van der Waals surface area contributed by atoms with Gasteiger partial charge in [0.05, 0.1) is 10.7 Å². The van der Waals surface area contributed by atoms with Crippen LogP contribution < -0.4 is 5.73 Å². The van der Waals surface area contributed by atoms with Gasteiger partial charge in [0.2, 0.25) is 0 Å². The van der Waals surface area contributed by atoms with E-state index in [1.165, 1.54) is 6.20 Å². The predicted molar refractivity (Wildman–Crippen MR) is 47.9 cm³/mol. The molecule has 12 heavy (non-hydrogen) atoms. The number of nitrogens with two attached hydrogens (primary N) is 1. The zero-order valence-corrected chi connectivity index (χ0v) is 7.49. The number of pyridine rings is 1. The molecule has 0 unspecified atom stereocenters. The Bertz CT molecular complexity index is 248. The van der Waals surface area contributed by atoms with Gasteiger partial charge in [-0.05, 0) is 19.1 Å². The Morgan fingerprint density at radius 1 is 1.58 bits per heavy atom.